The minimum Gasteiger partial charge on any atom is -0.507 e. The minimum atomic E-state index is -0.692. The maximum Gasteiger partial charge on any atom is 0.295 e. The van der Waals surface area contributed by atoms with E-state index < -0.39 is 17.7 Å². The Morgan fingerprint density at radius 1 is 1.00 bits per heavy atom. The number of Topliss-reactive ketones (excluding diaryl/α,β-unsaturated/α-hetero) is 1. The Kier molecular flexibility index (Phi) is 7.53. The second kappa shape index (κ2) is 10.3. The number of carbonyl (C=O) groups is 2. The molecular formula is C25H30N2O5. The lowest BCUT2D eigenvalue weighted by Crippen LogP contribution is -2.38. The molecule has 0 aliphatic carbocycles. The first kappa shape index (κ1) is 23.3. The SMILES string of the molecule is CCN(CC)CCN1C(=O)C(=O)/C(=C(/O)c2cccc(OC)c2)C1c1ccc(OC)cc1. The van der Waals surface area contributed by atoms with Gasteiger partial charge in [0.05, 0.1) is 25.8 Å². The van der Waals surface area contributed by atoms with Crippen LogP contribution in [0, 0.1) is 0 Å². The van der Waals surface area contributed by atoms with Crippen LogP contribution >= 0.6 is 0 Å². The number of ketones is 1. The molecule has 1 saturated heterocycles. The van der Waals surface area contributed by atoms with Crippen LogP contribution in [0.2, 0.25) is 0 Å². The summed E-state index contributed by atoms with van der Waals surface area (Å²) in [7, 11) is 3.11. The van der Waals surface area contributed by atoms with E-state index in [1.54, 1.807) is 48.4 Å². The topological polar surface area (TPSA) is 79.3 Å². The highest BCUT2D eigenvalue weighted by atomic mass is 16.5. The van der Waals surface area contributed by atoms with Crippen molar-refractivity contribution in [2.75, 3.05) is 40.4 Å². The molecule has 32 heavy (non-hydrogen) atoms. The van der Waals surface area contributed by atoms with Crippen LogP contribution in [-0.2, 0) is 9.59 Å². The molecule has 3 rings (SSSR count). The zero-order valence-electron chi connectivity index (χ0n) is 19.0. The van der Waals surface area contributed by atoms with E-state index in [1.165, 1.54) is 7.11 Å². The maximum absolute atomic E-state index is 13.1. The van der Waals surface area contributed by atoms with Gasteiger partial charge in [-0.3, -0.25) is 9.59 Å². The zero-order valence-corrected chi connectivity index (χ0v) is 19.0. The summed E-state index contributed by atoms with van der Waals surface area (Å²) in [6.45, 7) is 6.81. The van der Waals surface area contributed by atoms with Crippen molar-refractivity contribution in [1.82, 2.24) is 9.80 Å². The third-order valence-corrected chi connectivity index (χ3v) is 5.87. The van der Waals surface area contributed by atoms with Crippen molar-refractivity contribution in [3.63, 3.8) is 0 Å². The molecule has 0 radical (unpaired) electrons. The van der Waals surface area contributed by atoms with Gasteiger partial charge >= 0.3 is 0 Å². The Bertz CT molecular complexity index is 996. The van der Waals surface area contributed by atoms with E-state index in [-0.39, 0.29) is 11.3 Å². The van der Waals surface area contributed by atoms with Crippen LogP contribution < -0.4 is 9.47 Å². The van der Waals surface area contributed by atoms with Crippen LogP contribution in [0.25, 0.3) is 5.76 Å². The predicted octanol–water partition coefficient (Wildman–Crippen LogP) is 3.47. The lowest BCUT2D eigenvalue weighted by molar-refractivity contribution is -0.140. The van der Waals surface area contributed by atoms with Gasteiger partial charge < -0.3 is 24.4 Å². The van der Waals surface area contributed by atoms with Crippen LogP contribution in [0.4, 0.5) is 0 Å². The van der Waals surface area contributed by atoms with E-state index in [0.717, 1.165) is 18.7 Å². The lowest BCUT2D eigenvalue weighted by atomic mass is 9.95. The fraction of sp³-hybridized carbons (Fsp3) is 0.360. The van der Waals surface area contributed by atoms with E-state index in [4.69, 9.17) is 9.47 Å². The van der Waals surface area contributed by atoms with Gasteiger partial charge in [0.25, 0.3) is 11.7 Å². The van der Waals surface area contributed by atoms with Gasteiger partial charge in [0.2, 0.25) is 0 Å². The number of aliphatic hydroxyl groups excluding tert-OH is 1. The van der Waals surface area contributed by atoms with Crippen LogP contribution in [0.5, 0.6) is 11.5 Å². The minimum absolute atomic E-state index is 0.0768. The Labute approximate surface area is 188 Å². The van der Waals surface area contributed by atoms with Crippen molar-refractivity contribution in [3.8, 4) is 11.5 Å². The number of hydrogen-bond acceptors (Lipinski definition) is 6. The number of likely N-dealkylation sites (N-methyl/N-ethyl adjacent to an activating group) is 1. The number of hydrogen-bond donors (Lipinski definition) is 1. The van der Waals surface area contributed by atoms with Gasteiger partial charge in [-0.05, 0) is 42.9 Å². The van der Waals surface area contributed by atoms with Gasteiger partial charge in [-0.2, -0.15) is 0 Å². The molecule has 1 fully saturated rings. The van der Waals surface area contributed by atoms with Gasteiger partial charge in [0.15, 0.2) is 0 Å². The number of rotatable bonds is 9. The second-order valence-electron chi connectivity index (χ2n) is 7.52. The van der Waals surface area contributed by atoms with Crippen molar-refractivity contribution in [1.29, 1.82) is 0 Å². The summed E-state index contributed by atoms with van der Waals surface area (Å²) in [6, 6.07) is 13.3. The van der Waals surface area contributed by atoms with Gasteiger partial charge in [-0.15, -0.1) is 0 Å². The van der Waals surface area contributed by atoms with Crippen LogP contribution in [-0.4, -0.2) is 67.0 Å². The maximum atomic E-state index is 13.1. The molecule has 0 spiro atoms. The molecule has 0 saturated carbocycles. The quantitative estimate of drug-likeness (QED) is 0.367. The average Bonchev–Trinajstić information content (AvgIpc) is 3.09. The molecule has 7 heteroatoms. The number of aliphatic hydroxyl groups is 1. The highest BCUT2D eigenvalue weighted by Gasteiger charge is 2.46. The predicted molar refractivity (Wildman–Crippen MR) is 123 cm³/mol. The molecule has 7 nitrogen and oxygen atoms in total. The fourth-order valence-electron chi connectivity index (χ4n) is 3.96. The number of nitrogens with zero attached hydrogens (tertiary/aromatic N) is 2. The fourth-order valence-corrected chi connectivity index (χ4v) is 3.96. The molecule has 2 aromatic rings. The first-order chi connectivity index (χ1) is 15.4. The Morgan fingerprint density at radius 3 is 2.25 bits per heavy atom. The molecule has 0 bridgehead atoms. The van der Waals surface area contributed by atoms with E-state index >= 15 is 0 Å². The van der Waals surface area contributed by atoms with Crippen LogP contribution in [0.15, 0.2) is 54.1 Å². The molecule has 1 unspecified atom stereocenters. The first-order valence-corrected chi connectivity index (χ1v) is 10.7. The van der Waals surface area contributed by atoms with Crippen LogP contribution in [0.1, 0.15) is 31.0 Å². The largest absolute Gasteiger partial charge is 0.507 e. The van der Waals surface area contributed by atoms with Crippen molar-refractivity contribution >= 4 is 17.4 Å². The molecule has 0 aromatic heterocycles. The summed E-state index contributed by atoms with van der Waals surface area (Å²) in [6.07, 6.45) is 0. The second-order valence-corrected chi connectivity index (χ2v) is 7.52. The normalized spacial score (nSPS) is 17.8. The van der Waals surface area contributed by atoms with Gasteiger partial charge in [0, 0.05) is 18.7 Å². The summed E-state index contributed by atoms with van der Waals surface area (Å²) in [4.78, 5) is 29.9. The highest BCUT2D eigenvalue weighted by molar-refractivity contribution is 6.46. The number of likely N-dealkylation sites (tertiary alicyclic amines) is 1. The van der Waals surface area contributed by atoms with E-state index in [2.05, 4.69) is 18.7 Å². The van der Waals surface area contributed by atoms with Crippen molar-refractivity contribution in [3.05, 3.63) is 65.2 Å². The molecule has 1 N–H and O–H groups in total. The molecule has 2 aromatic carbocycles. The molecule has 1 aliphatic rings. The standard InChI is InChI=1S/C25H30N2O5/c1-5-26(6-2)14-15-27-22(17-10-12-19(31-3)13-11-17)21(24(29)25(27)30)23(28)18-8-7-9-20(16-18)32-4/h7-13,16,22,28H,5-6,14-15H2,1-4H3/b23-21+. The van der Waals surface area contributed by atoms with E-state index in [9.17, 15) is 14.7 Å². The molecule has 1 amide bonds. The summed E-state index contributed by atoms with van der Waals surface area (Å²) in [5.41, 5.74) is 1.23. The number of benzene rings is 2. The number of carbonyl (C=O) groups excluding carboxylic acids is 2. The number of amides is 1. The number of methoxy groups -OCH3 is 2. The highest BCUT2D eigenvalue weighted by Crippen LogP contribution is 2.40. The van der Waals surface area contributed by atoms with Gasteiger partial charge in [-0.1, -0.05) is 38.1 Å². The zero-order chi connectivity index (χ0) is 23.3. The van der Waals surface area contributed by atoms with E-state index in [0.29, 0.717) is 30.2 Å². The average molecular weight is 439 g/mol. The number of ether oxygens (including phenoxy) is 2. The van der Waals surface area contributed by atoms with Crippen molar-refractivity contribution in [2.24, 2.45) is 0 Å². The molecule has 1 heterocycles. The molecule has 170 valence electrons. The van der Waals surface area contributed by atoms with Gasteiger partial charge in [-0.25, -0.2) is 0 Å². The Hall–Kier alpha value is -3.32. The summed E-state index contributed by atoms with van der Waals surface area (Å²) in [5.74, 6) is -0.297. The summed E-state index contributed by atoms with van der Waals surface area (Å²) < 4.78 is 10.5. The molecule has 1 atom stereocenters. The van der Waals surface area contributed by atoms with Gasteiger partial charge in [0.1, 0.15) is 17.3 Å². The summed E-state index contributed by atoms with van der Waals surface area (Å²) >= 11 is 0. The van der Waals surface area contributed by atoms with Crippen molar-refractivity contribution < 1.29 is 24.2 Å². The molecule has 1 aliphatic heterocycles. The Morgan fingerprint density at radius 2 is 1.66 bits per heavy atom. The molecular weight excluding hydrogens is 408 g/mol. The summed E-state index contributed by atoms with van der Waals surface area (Å²) in [5, 5.41) is 11.1. The lowest BCUT2D eigenvalue weighted by Gasteiger charge is -2.28. The van der Waals surface area contributed by atoms with E-state index in [1.807, 2.05) is 12.1 Å². The smallest absolute Gasteiger partial charge is 0.295 e. The Balaban J connectivity index is 2.10. The first-order valence-electron chi connectivity index (χ1n) is 10.7. The third-order valence-electron chi connectivity index (χ3n) is 5.87. The monoisotopic (exact) mass is 438 g/mol. The third kappa shape index (κ3) is 4.62. The van der Waals surface area contributed by atoms with Crippen LogP contribution in [0.3, 0.4) is 0 Å². The van der Waals surface area contributed by atoms with Crippen molar-refractivity contribution in [2.45, 2.75) is 19.9 Å².